The SMILES string of the molecule is CC[C@@](C(=O)Oc1c(C(C)C)cccc1C(C)C)(C(NC(=O)OC(C)(C)C)c1ccco1)[N+](=O)[O-]. The van der Waals surface area contributed by atoms with Crippen molar-refractivity contribution < 1.29 is 28.4 Å². The zero-order valence-electron chi connectivity index (χ0n) is 21.7. The fraction of sp³-hybridized carbons (Fsp3) is 0.538. The summed E-state index contributed by atoms with van der Waals surface area (Å²) in [6, 6.07) is 7.05. The lowest BCUT2D eigenvalue weighted by atomic mass is 9.85. The van der Waals surface area contributed by atoms with E-state index in [9.17, 15) is 19.7 Å². The van der Waals surface area contributed by atoms with E-state index in [1.807, 2.05) is 45.9 Å². The monoisotopic (exact) mass is 488 g/mol. The molecule has 1 aromatic carbocycles. The smallest absolute Gasteiger partial charge is 0.408 e. The van der Waals surface area contributed by atoms with Crippen LogP contribution in [0.15, 0.2) is 41.0 Å². The Bertz CT molecular complexity index is 1010. The molecule has 1 amide bonds. The second-order valence-corrected chi connectivity index (χ2v) is 10.1. The van der Waals surface area contributed by atoms with Crippen molar-refractivity contribution in [3.63, 3.8) is 0 Å². The Labute approximate surface area is 206 Å². The van der Waals surface area contributed by atoms with Crippen LogP contribution in [0.4, 0.5) is 4.79 Å². The third-order valence-electron chi connectivity index (χ3n) is 5.70. The highest BCUT2D eigenvalue weighted by atomic mass is 16.6. The largest absolute Gasteiger partial charge is 0.467 e. The molecule has 9 nitrogen and oxygen atoms in total. The van der Waals surface area contributed by atoms with Crippen LogP contribution in [0.3, 0.4) is 0 Å². The summed E-state index contributed by atoms with van der Waals surface area (Å²) in [5.74, 6) is -0.754. The highest BCUT2D eigenvalue weighted by Gasteiger charge is 2.61. The molecule has 35 heavy (non-hydrogen) atoms. The first-order valence-electron chi connectivity index (χ1n) is 11.8. The van der Waals surface area contributed by atoms with Crippen molar-refractivity contribution in [3.05, 3.63) is 63.6 Å². The summed E-state index contributed by atoms with van der Waals surface area (Å²) in [4.78, 5) is 38.3. The van der Waals surface area contributed by atoms with Gasteiger partial charge in [-0.2, -0.15) is 0 Å². The van der Waals surface area contributed by atoms with Crippen LogP contribution in [0, 0.1) is 10.1 Å². The Morgan fingerprint density at radius 2 is 1.63 bits per heavy atom. The average molecular weight is 489 g/mol. The Morgan fingerprint density at radius 1 is 1.06 bits per heavy atom. The molecule has 2 aromatic rings. The number of nitro groups is 1. The van der Waals surface area contributed by atoms with Gasteiger partial charge in [-0.3, -0.25) is 10.1 Å². The number of furan rings is 1. The van der Waals surface area contributed by atoms with Gasteiger partial charge in [0.2, 0.25) is 0 Å². The van der Waals surface area contributed by atoms with Crippen molar-refractivity contribution in [2.75, 3.05) is 0 Å². The molecule has 0 spiro atoms. The van der Waals surface area contributed by atoms with E-state index in [1.54, 1.807) is 20.8 Å². The van der Waals surface area contributed by atoms with E-state index in [4.69, 9.17) is 13.9 Å². The number of benzene rings is 1. The van der Waals surface area contributed by atoms with E-state index in [-0.39, 0.29) is 24.0 Å². The molecular formula is C26H36N2O7. The number of nitrogens with one attached hydrogen (secondary N) is 1. The molecule has 0 bridgehead atoms. The summed E-state index contributed by atoms with van der Waals surface area (Å²) in [5.41, 5.74) is -1.72. The summed E-state index contributed by atoms with van der Waals surface area (Å²) in [5, 5.41) is 15.1. The molecule has 0 aliphatic carbocycles. The highest BCUT2D eigenvalue weighted by molar-refractivity contribution is 5.84. The van der Waals surface area contributed by atoms with E-state index in [1.165, 1.54) is 25.3 Å². The van der Waals surface area contributed by atoms with Gasteiger partial charge in [0.15, 0.2) is 6.04 Å². The number of nitrogens with zero attached hydrogens (tertiary/aromatic N) is 1. The fourth-order valence-electron chi connectivity index (χ4n) is 3.86. The fourth-order valence-corrected chi connectivity index (χ4v) is 3.86. The maximum absolute atomic E-state index is 13.8. The molecule has 0 fully saturated rings. The van der Waals surface area contributed by atoms with Gasteiger partial charge in [-0.05, 0) is 55.9 Å². The maximum atomic E-state index is 13.8. The lowest BCUT2D eigenvalue weighted by Gasteiger charge is -2.31. The molecule has 1 N–H and O–H groups in total. The number of carbonyl (C=O) groups excluding carboxylic acids is 2. The Hall–Kier alpha value is -3.36. The molecular weight excluding hydrogens is 452 g/mol. The van der Waals surface area contributed by atoms with Crippen LogP contribution in [-0.2, 0) is 9.53 Å². The van der Waals surface area contributed by atoms with E-state index in [0.717, 1.165) is 11.1 Å². The Balaban J connectivity index is 2.63. The first-order chi connectivity index (χ1) is 16.2. The van der Waals surface area contributed by atoms with E-state index >= 15 is 0 Å². The minimum Gasteiger partial charge on any atom is -0.467 e. The number of hydrogen-bond acceptors (Lipinski definition) is 7. The number of ether oxygens (including phenoxy) is 2. The summed E-state index contributed by atoms with van der Waals surface area (Å²) < 4.78 is 16.6. The van der Waals surface area contributed by atoms with Gasteiger partial charge in [0.05, 0.1) is 6.26 Å². The summed E-state index contributed by atoms with van der Waals surface area (Å²) in [6.07, 6.45) is 0.119. The number of esters is 1. The lowest BCUT2D eigenvalue weighted by Crippen LogP contribution is -2.58. The Morgan fingerprint density at radius 3 is 2.03 bits per heavy atom. The number of para-hydroxylation sites is 1. The minimum absolute atomic E-state index is 0.00360. The predicted molar refractivity (Wildman–Crippen MR) is 131 cm³/mol. The normalized spacial score (nSPS) is 14.3. The van der Waals surface area contributed by atoms with Gasteiger partial charge in [0.25, 0.3) is 0 Å². The Kier molecular flexibility index (Phi) is 8.70. The first-order valence-corrected chi connectivity index (χ1v) is 11.8. The molecule has 0 saturated carbocycles. The molecule has 1 aromatic heterocycles. The van der Waals surface area contributed by atoms with Gasteiger partial charge in [0.1, 0.15) is 17.1 Å². The van der Waals surface area contributed by atoms with Crippen molar-refractivity contribution in [2.45, 2.75) is 90.8 Å². The molecule has 0 aliphatic rings. The second kappa shape index (κ2) is 10.9. The van der Waals surface area contributed by atoms with Gasteiger partial charge in [0, 0.05) is 11.3 Å². The second-order valence-electron chi connectivity index (χ2n) is 10.1. The molecule has 0 radical (unpaired) electrons. The van der Waals surface area contributed by atoms with Crippen LogP contribution >= 0.6 is 0 Å². The quantitative estimate of drug-likeness (QED) is 0.195. The van der Waals surface area contributed by atoms with Crippen molar-refractivity contribution in [1.29, 1.82) is 0 Å². The van der Waals surface area contributed by atoms with Crippen molar-refractivity contribution in [2.24, 2.45) is 0 Å². The molecule has 0 saturated heterocycles. The molecule has 2 rings (SSSR count). The standard InChI is InChI=1S/C26H36N2O7/c1-9-26(28(31)32,22(20-14-11-15-33-20)27-24(30)35-25(6,7)8)23(29)34-21-18(16(2)3)12-10-13-19(21)17(4)5/h10-17,22H,9H2,1-8H3,(H,27,30)/t22?,26-/m0/s1. The van der Waals surface area contributed by atoms with E-state index in [2.05, 4.69) is 5.32 Å². The first kappa shape index (κ1) is 27.9. The van der Waals surface area contributed by atoms with Gasteiger partial charge < -0.3 is 19.2 Å². The number of hydrogen-bond donors (Lipinski definition) is 1. The molecule has 2 atom stereocenters. The van der Waals surface area contributed by atoms with Crippen LogP contribution < -0.4 is 10.1 Å². The molecule has 1 unspecified atom stereocenters. The van der Waals surface area contributed by atoms with Gasteiger partial charge in [-0.25, -0.2) is 9.59 Å². The number of amides is 1. The van der Waals surface area contributed by atoms with E-state index < -0.39 is 34.2 Å². The topological polar surface area (TPSA) is 121 Å². The molecule has 9 heteroatoms. The summed E-state index contributed by atoms with van der Waals surface area (Å²) >= 11 is 0. The van der Waals surface area contributed by atoms with Crippen molar-refractivity contribution in [1.82, 2.24) is 5.32 Å². The minimum atomic E-state index is -2.38. The number of rotatable bonds is 9. The number of alkyl carbamates (subject to hydrolysis) is 1. The highest BCUT2D eigenvalue weighted by Crippen LogP contribution is 2.39. The van der Waals surface area contributed by atoms with Crippen LogP contribution in [0.1, 0.15) is 96.6 Å². The van der Waals surface area contributed by atoms with Crippen LogP contribution in [0.2, 0.25) is 0 Å². The van der Waals surface area contributed by atoms with E-state index in [0.29, 0.717) is 5.75 Å². The average Bonchev–Trinajstić information content (AvgIpc) is 3.26. The van der Waals surface area contributed by atoms with Crippen LogP contribution in [0.5, 0.6) is 5.75 Å². The van der Waals surface area contributed by atoms with Crippen molar-refractivity contribution in [3.8, 4) is 5.75 Å². The zero-order chi connectivity index (χ0) is 26.6. The zero-order valence-corrected chi connectivity index (χ0v) is 21.7. The third-order valence-corrected chi connectivity index (χ3v) is 5.70. The summed E-state index contributed by atoms with van der Waals surface area (Å²) in [7, 11) is 0. The lowest BCUT2D eigenvalue weighted by molar-refractivity contribution is -0.561. The predicted octanol–water partition coefficient (Wildman–Crippen LogP) is 6.12. The number of carbonyl (C=O) groups is 2. The van der Waals surface area contributed by atoms with Gasteiger partial charge >= 0.3 is 17.6 Å². The van der Waals surface area contributed by atoms with Crippen LogP contribution in [0.25, 0.3) is 0 Å². The van der Waals surface area contributed by atoms with Crippen LogP contribution in [-0.4, -0.2) is 28.1 Å². The summed E-state index contributed by atoms with van der Waals surface area (Å²) in [6.45, 7) is 14.3. The van der Waals surface area contributed by atoms with Gasteiger partial charge in [-0.15, -0.1) is 0 Å². The molecule has 192 valence electrons. The molecule has 0 aliphatic heterocycles. The van der Waals surface area contributed by atoms with Crippen molar-refractivity contribution >= 4 is 12.1 Å². The van der Waals surface area contributed by atoms with Gasteiger partial charge in [-0.1, -0.05) is 52.8 Å². The maximum Gasteiger partial charge on any atom is 0.408 e. The molecule has 1 heterocycles. The third kappa shape index (κ3) is 6.21.